The van der Waals surface area contributed by atoms with Crippen LogP contribution in [0.2, 0.25) is 0 Å². The lowest BCUT2D eigenvalue weighted by atomic mass is 9.85. The van der Waals surface area contributed by atoms with E-state index in [-0.39, 0.29) is 23.7 Å². The second-order valence-electron chi connectivity index (χ2n) is 3.07. The maximum atomic E-state index is 11.2. The highest BCUT2D eigenvalue weighted by Gasteiger charge is 2.34. The van der Waals surface area contributed by atoms with E-state index in [9.17, 15) is 4.79 Å². The summed E-state index contributed by atoms with van der Waals surface area (Å²) < 4.78 is 0. The fourth-order valence-electron chi connectivity index (χ4n) is 1.80. The van der Waals surface area contributed by atoms with Gasteiger partial charge in [-0.3, -0.25) is 4.79 Å². The summed E-state index contributed by atoms with van der Waals surface area (Å²) in [6.45, 7) is 5.86. The van der Waals surface area contributed by atoms with Gasteiger partial charge in [0.1, 0.15) is 0 Å². The molecule has 4 heteroatoms. The first-order valence-electron chi connectivity index (χ1n) is 3.77. The quantitative estimate of drug-likeness (QED) is 0.521. The summed E-state index contributed by atoms with van der Waals surface area (Å²) in [5, 5.41) is 0. The second kappa shape index (κ2) is 3.92. The number of ketones is 1. The molecule has 2 N–H and O–H groups in total. The minimum Gasteiger partial charge on any atom is -0.412 e. The molecule has 2 bridgehead atoms. The number of halogens is 1. The van der Waals surface area contributed by atoms with Gasteiger partial charge in [0.05, 0.1) is 5.70 Å². The van der Waals surface area contributed by atoms with Crippen LogP contribution in [0.1, 0.15) is 12.8 Å². The predicted octanol–water partition coefficient (Wildman–Crippen LogP) is 0.392. The zero-order chi connectivity index (χ0) is 7.14. The third kappa shape index (κ3) is 1.47. The Labute approximate surface area is 78.1 Å². The van der Waals surface area contributed by atoms with Crippen molar-refractivity contribution in [3.05, 3.63) is 12.3 Å². The van der Waals surface area contributed by atoms with E-state index in [4.69, 9.17) is 0 Å². The van der Waals surface area contributed by atoms with Crippen molar-refractivity contribution in [3.63, 3.8) is 0 Å². The number of hydrogen-bond acceptors (Lipinski definition) is 2. The molecule has 0 unspecified atom stereocenters. The summed E-state index contributed by atoms with van der Waals surface area (Å²) in [5.41, 5.74) is 0.752. The Morgan fingerprint density at radius 2 is 1.83 bits per heavy atom. The number of carbonyl (C=O) groups is 1. The summed E-state index contributed by atoms with van der Waals surface area (Å²) in [6, 6.07) is 0. The fraction of sp³-hybridized carbons (Fsp3) is 0.625. The van der Waals surface area contributed by atoms with Gasteiger partial charge < -0.3 is 10.4 Å². The highest BCUT2D eigenvalue weighted by Crippen LogP contribution is 2.29. The molecule has 0 radical (unpaired) electrons. The van der Waals surface area contributed by atoms with Crippen molar-refractivity contribution in [2.45, 2.75) is 12.8 Å². The molecule has 0 spiro atoms. The Morgan fingerprint density at radius 3 is 2.08 bits per heavy atom. The molecule has 70 valence electrons. The van der Waals surface area contributed by atoms with E-state index in [1.807, 2.05) is 0 Å². The van der Waals surface area contributed by atoms with Crippen LogP contribution in [0.3, 0.4) is 0 Å². The lowest BCUT2D eigenvalue weighted by Crippen LogP contribution is -2.45. The first-order valence-corrected chi connectivity index (χ1v) is 3.77. The van der Waals surface area contributed by atoms with Crippen LogP contribution in [0, 0.1) is 5.92 Å². The molecule has 0 amide bonds. The van der Waals surface area contributed by atoms with Crippen molar-refractivity contribution in [2.24, 2.45) is 5.92 Å². The van der Waals surface area contributed by atoms with Gasteiger partial charge in [0.15, 0.2) is 5.78 Å². The number of Topliss-reactive ketones (excluding diaryl/α,β-unsaturated/α-hetero) is 1. The number of rotatable bonds is 0. The lowest BCUT2D eigenvalue weighted by molar-refractivity contribution is -0.125. The number of nitrogens with zero attached hydrogens (tertiary/aromatic N) is 1. The average Bonchev–Trinajstić information content (AvgIpc) is 2.00. The van der Waals surface area contributed by atoms with Crippen LogP contribution in [0.15, 0.2) is 12.3 Å². The molecule has 3 aliphatic heterocycles. The first-order chi connectivity index (χ1) is 4.79. The number of carbonyl (C=O) groups excluding carboxylic acids is 1. The van der Waals surface area contributed by atoms with Gasteiger partial charge in [0, 0.05) is 19.0 Å². The van der Waals surface area contributed by atoms with Crippen molar-refractivity contribution in [1.82, 2.24) is 4.90 Å². The summed E-state index contributed by atoms with van der Waals surface area (Å²) in [6.07, 6.45) is 2.11. The molecule has 0 aromatic carbocycles. The number of piperidine rings is 3. The minimum absolute atomic E-state index is 0. The number of fused-ring (bicyclic) bond motifs is 3. The van der Waals surface area contributed by atoms with Gasteiger partial charge in [0.2, 0.25) is 0 Å². The summed E-state index contributed by atoms with van der Waals surface area (Å²) in [4.78, 5) is 13.3. The molecular weight excluding hydrogens is 178 g/mol. The zero-order valence-corrected chi connectivity index (χ0v) is 7.69. The lowest BCUT2D eigenvalue weighted by Gasteiger charge is -2.40. The van der Waals surface area contributed by atoms with Gasteiger partial charge in [0.25, 0.3) is 0 Å². The number of allylic oxidation sites excluding steroid dienone is 1. The van der Waals surface area contributed by atoms with E-state index in [2.05, 4.69) is 11.5 Å². The van der Waals surface area contributed by atoms with Gasteiger partial charge in [-0.1, -0.05) is 6.58 Å². The van der Waals surface area contributed by atoms with E-state index in [1.54, 1.807) is 0 Å². The third-order valence-electron chi connectivity index (χ3n) is 2.53. The summed E-state index contributed by atoms with van der Waals surface area (Å²) >= 11 is 0. The largest absolute Gasteiger partial charge is 0.412 e. The van der Waals surface area contributed by atoms with Crippen LogP contribution in [0.25, 0.3) is 0 Å². The SMILES string of the molecule is C=C1C(=O)C2CCN1CC2.Cl.O. The molecule has 3 heterocycles. The Kier molecular flexibility index (Phi) is 3.74. The van der Waals surface area contributed by atoms with Gasteiger partial charge in [-0.25, -0.2) is 0 Å². The minimum atomic E-state index is 0. The van der Waals surface area contributed by atoms with E-state index >= 15 is 0 Å². The molecule has 0 aliphatic carbocycles. The van der Waals surface area contributed by atoms with E-state index in [0.717, 1.165) is 31.6 Å². The molecule has 3 nitrogen and oxygen atoms in total. The second-order valence-corrected chi connectivity index (χ2v) is 3.07. The smallest absolute Gasteiger partial charge is 0.181 e. The van der Waals surface area contributed by atoms with Crippen LogP contribution in [0.4, 0.5) is 0 Å². The molecule has 0 aromatic rings. The Bertz CT molecular complexity index is 175. The van der Waals surface area contributed by atoms with Crippen molar-refractivity contribution in [2.75, 3.05) is 13.1 Å². The van der Waals surface area contributed by atoms with Gasteiger partial charge in [-0.2, -0.15) is 0 Å². The highest BCUT2D eigenvalue weighted by atomic mass is 35.5. The average molecular weight is 192 g/mol. The molecular formula is C8H14ClNO2. The topological polar surface area (TPSA) is 51.8 Å². The molecule has 0 aromatic heterocycles. The van der Waals surface area contributed by atoms with Crippen LogP contribution >= 0.6 is 12.4 Å². The van der Waals surface area contributed by atoms with Crippen LogP contribution in [-0.4, -0.2) is 29.2 Å². The molecule has 0 atom stereocenters. The monoisotopic (exact) mass is 191 g/mol. The normalized spacial score (nSPS) is 21.8. The number of hydrogen-bond donors (Lipinski definition) is 0. The van der Waals surface area contributed by atoms with E-state index in [0.29, 0.717) is 5.92 Å². The Balaban J connectivity index is 0.000000605. The fourth-order valence-corrected chi connectivity index (χ4v) is 1.80. The molecule has 3 aliphatic rings. The summed E-state index contributed by atoms with van der Waals surface area (Å²) in [7, 11) is 0. The van der Waals surface area contributed by atoms with Gasteiger partial charge in [-0.05, 0) is 12.8 Å². The first kappa shape index (κ1) is 11.5. The molecule has 3 saturated heterocycles. The van der Waals surface area contributed by atoms with Gasteiger partial charge >= 0.3 is 0 Å². The standard InChI is InChI=1S/C8H11NO.ClH.H2O/c1-6-8(10)7-2-4-9(6)5-3-7;;/h7H,1-5H2;1H;1H2. The molecule has 3 fully saturated rings. The van der Waals surface area contributed by atoms with Crippen LogP contribution in [-0.2, 0) is 4.79 Å². The van der Waals surface area contributed by atoms with Crippen LogP contribution < -0.4 is 0 Å². The predicted molar refractivity (Wildman–Crippen MR) is 49.3 cm³/mol. The highest BCUT2D eigenvalue weighted by molar-refractivity contribution is 5.97. The molecule has 3 rings (SSSR count). The maximum Gasteiger partial charge on any atom is 0.181 e. The Hall–Kier alpha value is -0.540. The van der Waals surface area contributed by atoms with Crippen molar-refractivity contribution in [3.8, 4) is 0 Å². The Morgan fingerprint density at radius 1 is 1.33 bits per heavy atom. The van der Waals surface area contributed by atoms with E-state index in [1.165, 1.54) is 0 Å². The maximum absolute atomic E-state index is 11.2. The van der Waals surface area contributed by atoms with Crippen molar-refractivity contribution < 1.29 is 10.3 Å². The van der Waals surface area contributed by atoms with Crippen molar-refractivity contribution >= 4 is 18.2 Å². The van der Waals surface area contributed by atoms with Crippen molar-refractivity contribution in [1.29, 1.82) is 0 Å². The van der Waals surface area contributed by atoms with E-state index < -0.39 is 0 Å². The molecule has 12 heavy (non-hydrogen) atoms. The van der Waals surface area contributed by atoms with Crippen LogP contribution in [0.5, 0.6) is 0 Å². The third-order valence-corrected chi connectivity index (χ3v) is 2.53. The summed E-state index contributed by atoms with van der Waals surface area (Å²) in [5.74, 6) is 0.606. The zero-order valence-electron chi connectivity index (χ0n) is 6.88. The van der Waals surface area contributed by atoms with Gasteiger partial charge in [-0.15, -0.1) is 12.4 Å². The molecule has 0 saturated carbocycles.